The van der Waals surface area contributed by atoms with Crippen LogP contribution < -0.4 is 14.9 Å². The van der Waals surface area contributed by atoms with Gasteiger partial charge in [0.15, 0.2) is 11.5 Å². The Morgan fingerprint density at radius 1 is 1.28 bits per heavy atom. The van der Waals surface area contributed by atoms with Crippen molar-refractivity contribution in [1.29, 1.82) is 0 Å². The molecular weight excluding hydrogens is 330 g/mol. The van der Waals surface area contributed by atoms with Gasteiger partial charge in [-0.2, -0.15) is 5.10 Å². The lowest BCUT2D eigenvalue weighted by Crippen LogP contribution is -2.17. The van der Waals surface area contributed by atoms with E-state index < -0.39 is 10.8 Å². The van der Waals surface area contributed by atoms with E-state index in [1.165, 1.54) is 20.3 Å². The van der Waals surface area contributed by atoms with Gasteiger partial charge in [0, 0.05) is 17.2 Å². The van der Waals surface area contributed by atoms with E-state index in [0.29, 0.717) is 11.3 Å². The van der Waals surface area contributed by atoms with Crippen molar-refractivity contribution in [2.75, 3.05) is 14.2 Å². The number of phenols is 1. The first-order valence-electron chi connectivity index (χ1n) is 6.99. The lowest BCUT2D eigenvalue weighted by molar-refractivity contribution is -0.385. The van der Waals surface area contributed by atoms with Crippen molar-refractivity contribution in [1.82, 2.24) is 5.43 Å². The number of carbonyl (C=O) groups excluding carboxylic acids is 1. The van der Waals surface area contributed by atoms with E-state index in [1.807, 2.05) is 0 Å². The first-order valence-corrected chi connectivity index (χ1v) is 6.99. The molecule has 0 bridgehead atoms. The molecule has 0 radical (unpaired) electrons. The van der Waals surface area contributed by atoms with Gasteiger partial charge >= 0.3 is 0 Å². The summed E-state index contributed by atoms with van der Waals surface area (Å²) in [4.78, 5) is 22.3. The highest BCUT2D eigenvalue weighted by molar-refractivity contribution is 5.95. The number of ether oxygens (including phenoxy) is 2. The lowest BCUT2D eigenvalue weighted by Gasteiger charge is -2.06. The molecule has 2 N–H and O–H groups in total. The summed E-state index contributed by atoms with van der Waals surface area (Å²) in [6, 6.07) is 8.63. The number of nitro groups is 1. The minimum Gasteiger partial charge on any atom is -0.504 e. The molecule has 0 saturated carbocycles. The Bertz CT molecular complexity index is 835. The predicted octanol–water partition coefficient (Wildman–Crippen LogP) is 2.08. The maximum Gasteiger partial charge on any atom is 0.274 e. The summed E-state index contributed by atoms with van der Waals surface area (Å²) in [5.41, 5.74) is 2.33. The number of hydrogen-bond donors (Lipinski definition) is 2. The molecule has 130 valence electrons. The zero-order chi connectivity index (χ0) is 18.4. The highest BCUT2D eigenvalue weighted by Gasteiger charge is 2.16. The van der Waals surface area contributed by atoms with Crippen LogP contribution in [0.15, 0.2) is 41.5 Å². The Morgan fingerprint density at radius 3 is 2.68 bits per heavy atom. The Hall–Kier alpha value is -3.62. The van der Waals surface area contributed by atoms with E-state index >= 15 is 0 Å². The van der Waals surface area contributed by atoms with E-state index in [0.717, 1.165) is 18.3 Å². The molecule has 0 aliphatic carbocycles. The van der Waals surface area contributed by atoms with Crippen LogP contribution in [0.2, 0.25) is 0 Å². The third-order valence-corrected chi connectivity index (χ3v) is 3.22. The molecule has 0 aliphatic rings. The molecule has 0 spiro atoms. The van der Waals surface area contributed by atoms with Crippen LogP contribution in [0, 0.1) is 10.1 Å². The summed E-state index contributed by atoms with van der Waals surface area (Å²) < 4.78 is 9.91. The van der Waals surface area contributed by atoms with Gasteiger partial charge in [-0.3, -0.25) is 14.9 Å². The number of rotatable bonds is 6. The summed E-state index contributed by atoms with van der Waals surface area (Å²) in [7, 11) is 2.75. The van der Waals surface area contributed by atoms with Crippen molar-refractivity contribution < 1.29 is 24.3 Å². The van der Waals surface area contributed by atoms with Gasteiger partial charge < -0.3 is 14.6 Å². The van der Waals surface area contributed by atoms with Crippen molar-refractivity contribution in [3.05, 3.63) is 57.6 Å². The number of non-ortho nitro benzene ring substituents is 1. The number of carbonyl (C=O) groups is 1. The summed E-state index contributed by atoms with van der Waals surface area (Å²) >= 11 is 0. The fourth-order valence-corrected chi connectivity index (χ4v) is 1.96. The number of methoxy groups -OCH3 is 2. The number of amides is 1. The minimum atomic E-state index is -0.631. The van der Waals surface area contributed by atoms with Crippen LogP contribution in [0.4, 0.5) is 5.69 Å². The van der Waals surface area contributed by atoms with Crippen molar-refractivity contribution in [3.63, 3.8) is 0 Å². The second kappa shape index (κ2) is 7.77. The summed E-state index contributed by atoms with van der Waals surface area (Å²) in [6.07, 6.45) is 1.09. The molecule has 9 nitrogen and oxygen atoms in total. The molecule has 25 heavy (non-hydrogen) atoms. The van der Waals surface area contributed by atoms with E-state index in [4.69, 9.17) is 9.47 Å². The fraction of sp³-hybridized carbons (Fsp3) is 0.125. The Labute approximate surface area is 142 Å². The monoisotopic (exact) mass is 345 g/mol. The third kappa shape index (κ3) is 4.22. The van der Waals surface area contributed by atoms with Gasteiger partial charge in [0.2, 0.25) is 0 Å². The van der Waals surface area contributed by atoms with E-state index in [9.17, 15) is 20.0 Å². The SMILES string of the molecule is COc1cccc(C(=O)N/N=C/c2cc([N+](=O)[O-])cc(OC)c2O)c1. The van der Waals surface area contributed by atoms with Crippen molar-refractivity contribution in [2.45, 2.75) is 0 Å². The quantitative estimate of drug-likeness (QED) is 0.469. The first kappa shape index (κ1) is 17.7. The van der Waals surface area contributed by atoms with E-state index in [2.05, 4.69) is 10.5 Å². The highest BCUT2D eigenvalue weighted by Crippen LogP contribution is 2.33. The number of phenolic OH excluding ortho intramolecular Hbond substituents is 1. The molecule has 0 heterocycles. The van der Waals surface area contributed by atoms with Gasteiger partial charge in [0.1, 0.15) is 5.75 Å². The van der Waals surface area contributed by atoms with Crippen LogP contribution in [0.1, 0.15) is 15.9 Å². The number of nitrogens with one attached hydrogen (secondary N) is 1. The summed E-state index contributed by atoms with van der Waals surface area (Å²) in [5, 5.41) is 24.6. The van der Waals surface area contributed by atoms with Gasteiger partial charge in [-0.05, 0) is 18.2 Å². The summed E-state index contributed by atoms with van der Waals surface area (Å²) in [6.45, 7) is 0. The largest absolute Gasteiger partial charge is 0.504 e. The molecule has 0 aromatic heterocycles. The van der Waals surface area contributed by atoms with Crippen LogP contribution in [0.3, 0.4) is 0 Å². The fourth-order valence-electron chi connectivity index (χ4n) is 1.96. The van der Waals surface area contributed by atoms with Crippen molar-refractivity contribution >= 4 is 17.8 Å². The average molecular weight is 345 g/mol. The molecule has 1 amide bonds. The second-order valence-electron chi connectivity index (χ2n) is 4.77. The molecule has 9 heteroatoms. The van der Waals surface area contributed by atoms with Crippen LogP contribution in [-0.4, -0.2) is 36.4 Å². The van der Waals surface area contributed by atoms with Gasteiger partial charge in [0.05, 0.1) is 31.4 Å². The molecule has 2 aromatic rings. The zero-order valence-corrected chi connectivity index (χ0v) is 13.4. The minimum absolute atomic E-state index is 0.0250. The normalized spacial score (nSPS) is 10.5. The Morgan fingerprint density at radius 2 is 2.04 bits per heavy atom. The average Bonchev–Trinajstić information content (AvgIpc) is 2.62. The van der Waals surface area contributed by atoms with Gasteiger partial charge in [-0.15, -0.1) is 0 Å². The Kier molecular flexibility index (Phi) is 5.51. The molecule has 2 rings (SSSR count). The predicted molar refractivity (Wildman–Crippen MR) is 89.4 cm³/mol. The van der Waals surface area contributed by atoms with E-state index in [-0.39, 0.29) is 22.7 Å². The van der Waals surface area contributed by atoms with Crippen LogP contribution in [0.5, 0.6) is 17.2 Å². The zero-order valence-electron chi connectivity index (χ0n) is 13.4. The van der Waals surface area contributed by atoms with E-state index in [1.54, 1.807) is 18.2 Å². The van der Waals surface area contributed by atoms with Gasteiger partial charge in [-0.1, -0.05) is 6.07 Å². The second-order valence-corrected chi connectivity index (χ2v) is 4.77. The van der Waals surface area contributed by atoms with Gasteiger partial charge in [0.25, 0.3) is 11.6 Å². The highest BCUT2D eigenvalue weighted by atomic mass is 16.6. The maximum atomic E-state index is 12.0. The summed E-state index contributed by atoms with van der Waals surface area (Å²) in [5.74, 6) is -0.396. The number of hydrazone groups is 1. The first-order chi connectivity index (χ1) is 12.0. The van der Waals surface area contributed by atoms with Crippen LogP contribution in [-0.2, 0) is 0 Å². The molecular formula is C16H15N3O6. The number of aromatic hydroxyl groups is 1. The molecule has 2 aromatic carbocycles. The van der Waals surface area contributed by atoms with Crippen LogP contribution in [0.25, 0.3) is 0 Å². The maximum absolute atomic E-state index is 12.0. The molecule has 0 aliphatic heterocycles. The van der Waals surface area contributed by atoms with Crippen molar-refractivity contribution in [2.24, 2.45) is 5.10 Å². The molecule has 0 atom stereocenters. The molecule has 0 unspecified atom stereocenters. The standard InChI is InChI=1S/C16H15N3O6/c1-24-13-5-3-4-10(7-13)16(21)18-17-9-11-6-12(19(22)23)8-14(25-2)15(11)20/h3-9,20H,1-2H3,(H,18,21)/b17-9+. The Balaban J connectivity index is 2.20. The van der Waals surface area contributed by atoms with Gasteiger partial charge in [-0.25, -0.2) is 5.43 Å². The van der Waals surface area contributed by atoms with Crippen LogP contribution >= 0.6 is 0 Å². The number of nitrogens with zero attached hydrogens (tertiary/aromatic N) is 2. The number of hydrogen-bond acceptors (Lipinski definition) is 7. The number of benzene rings is 2. The van der Waals surface area contributed by atoms with Crippen molar-refractivity contribution in [3.8, 4) is 17.2 Å². The molecule has 0 fully saturated rings. The lowest BCUT2D eigenvalue weighted by atomic mass is 10.1. The molecule has 0 saturated heterocycles. The smallest absolute Gasteiger partial charge is 0.274 e. The third-order valence-electron chi connectivity index (χ3n) is 3.22. The number of nitro benzene ring substituents is 1. The topological polar surface area (TPSA) is 123 Å².